The van der Waals surface area contributed by atoms with E-state index in [0.29, 0.717) is 0 Å². The minimum absolute atomic E-state index is 0.00220. The van der Waals surface area contributed by atoms with Gasteiger partial charge in [-0.3, -0.25) is 0 Å². The van der Waals surface area contributed by atoms with Crippen LogP contribution in [0.2, 0.25) is 0 Å². The highest BCUT2D eigenvalue weighted by Gasteiger charge is 2.47. The molecule has 0 N–H and O–H groups in total. The molecule has 17 rings (SSSR count). The van der Waals surface area contributed by atoms with E-state index in [1.807, 2.05) is 0 Å². The first-order chi connectivity index (χ1) is 51.2. The first kappa shape index (κ1) is 66.5. The molecule has 0 unspecified atom stereocenters. The number of hydrogen-bond acceptors (Lipinski definition) is 2. The van der Waals surface area contributed by atoms with Gasteiger partial charge in [0, 0.05) is 67.0 Å². The highest BCUT2D eigenvalue weighted by atomic mass is 15.1. The number of aromatic nitrogens is 2. The van der Waals surface area contributed by atoms with E-state index in [2.05, 4.69) is 404 Å². The average Bonchev–Trinajstić information content (AvgIpc) is 1.54. The van der Waals surface area contributed by atoms with Crippen molar-refractivity contribution in [2.45, 2.75) is 111 Å². The topological polar surface area (TPSA) is 16.3 Å². The lowest BCUT2D eigenvalue weighted by atomic mass is 9.67. The van der Waals surface area contributed by atoms with Gasteiger partial charge in [-0.25, -0.2) is 0 Å². The van der Waals surface area contributed by atoms with Gasteiger partial charge in [-0.05, 0) is 252 Å². The number of benzene rings is 14. The number of hydrogen-bond donors (Lipinski definition) is 0. The maximum atomic E-state index is 2.60. The first-order valence-corrected chi connectivity index (χ1v) is 37.9. The van der Waals surface area contributed by atoms with Crippen LogP contribution < -0.4 is 9.80 Å². The molecule has 4 nitrogen and oxygen atoms in total. The lowest BCUT2D eigenvalue weighted by molar-refractivity contribution is 0.439. The van der Waals surface area contributed by atoms with Gasteiger partial charge in [0.15, 0.2) is 0 Å². The minimum atomic E-state index is -0.692. The summed E-state index contributed by atoms with van der Waals surface area (Å²) in [6.45, 7) is 22.8. The van der Waals surface area contributed by atoms with E-state index < -0.39 is 5.41 Å². The van der Waals surface area contributed by atoms with Gasteiger partial charge < -0.3 is 18.9 Å². The fourth-order valence-corrected chi connectivity index (χ4v) is 17.0. The van der Waals surface area contributed by atoms with Crippen LogP contribution in [0.25, 0.3) is 88.4 Å². The summed E-state index contributed by atoms with van der Waals surface area (Å²) in [5.41, 5.74) is 33.0. The van der Waals surface area contributed by atoms with E-state index in [1.54, 1.807) is 0 Å². The molecule has 0 amide bonds. The van der Waals surface area contributed by atoms with E-state index >= 15 is 0 Å². The first-order valence-electron chi connectivity index (χ1n) is 37.9. The molecule has 0 bridgehead atoms. The third kappa shape index (κ3) is 11.3. The molecule has 0 spiro atoms. The Kier molecular flexibility index (Phi) is 16.8. The van der Waals surface area contributed by atoms with Crippen molar-refractivity contribution >= 4 is 77.7 Å². The fraction of sp³-hybridized carbons (Fsp3) is 0.168. The number of nitrogens with zero attached hydrogens (tertiary/aromatic N) is 4. The van der Waals surface area contributed by atoms with Crippen LogP contribution in [-0.2, 0) is 16.2 Å². The van der Waals surface area contributed by atoms with Crippen LogP contribution in [0.4, 0.5) is 34.1 Å². The second kappa shape index (κ2) is 26.5. The Morgan fingerprint density at radius 2 is 0.581 bits per heavy atom. The van der Waals surface area contributed by atoms with Crippen molar-refractivity contribution in [1.82, 2.24) is 9.13 Å². The second-order valence-electron chi connectivity index (χ2n) is 30.2. The van der Waals surface area contributed by atoms with Crippen molar-refractivity contribution in [3.63, 3.8) is 0 Å². The molecule has 2 heterocycles. The minimum Gasteiger partial charge on any atom is -0.311 e. The summed E-state index contributed by atoms with van der Waals surface area (Å²) in [7, 11) is 0. The molecule has 16 aromatic rings. The van der Waals surface area contributed by atoms with Crippen molar-refractivity contribution in [3.8, 4) is 44.8 Å². The third-order valence-corrected chi connectivity index (χ3v) is 24.2. The molecule has 105 heavy (non-hydrogen) atoms. The highest BCUT2D eigenvalue weighted by molar-refractivity contribution is 6.13. The molecule has 0 aliphatic heterocycles. The summed E-state index contributed by atoms with van der Waals surface area (Å²) in [5, 5.41) is 4.97. The van der Waals surface area contributed by atoms with Gasteiger partial charge in [0.05, 0.1) is 27.5 Å². The number of fused-ring (bicyclic) bond motifs is 9. The molecule has 14 aromatic carbocycles. The Hall–Kier alpha value is -11.7. The van der Waals surface area contributed by atoms with Crippen molar-refractivity contribution in [2.24, 2.45) is 0 Å². The van der Waals surface area contributed by atoms with Gasteiger partial charge in [0.1, 0.15) is 0 Å². The largest absolute Gasteiger partial charge is 0.311 e. The van der Waals surface area contributed by atoms with Crippen molar-refractivity contribution in [3.05, 3.63) is 371 Å². The van der Waals surface area contributed by atoms with Crippen molar-refractivity contribution < 1.29 is 0 Å². The summed E-state index contributed by atoms with van der Waals surface area (Å²) in [6.07, 6.45) is 4.20. The van der Waals surface area contributed by atoms with Gasteiger partial charge >= 0.3 is 0 Å². The Bertz CT molecular complexity index is 5780. The predicted molar refractivity (Wildman–Crippen MR) is 447 cm³/mol. The zero-order valence-corrected chi connectivity index (χ0v) is 62.1. The molecule has 0 fully saturated rings. The van der Waals surface area contributed by atoms with E-state index in [1.165, 1.54) is 133 Å². The number of rotatable bonds is 18. The zero-order valence-electron chi connectivity index (χ0n) is 62.1. The quantitative estimate of drug-likeness (QED) is 0.0851. The maximum absolute atomic E-state index is 2.60. The molecule has 4 heteroatoms. The molecule has 1 aliphatic carbocycles. The molecule has 2 aromatic heterocycles. The van der Waals surface area contributed by atoms with Crippen LogP contribution >= 0.6 is 0 Å². The van der Waals surface area contributed by atoms with E-state index in [0.717, 1.165) is 71.2 Å². The second-order valence-corrected chi connectivity index (χ2v) is 30.2. The van der Waals surface area contributed by atoms with Gasteiger partial charge in [-0.2, -0.15) is 0 Å². The van der Waals surface area contributed by atoms with E-state index in [9.17, 15) is 0 Å². The van der Waals surface area contributed by atoms with Crippen LogP contribution in [0, 0.1) is 27.7 Å². The monoisotopic (exact) mass is 1360 g/mol. The van der Waals surface area contributed by atoms with Crippen LogP contribution in [0.5, 0.6) is 0 Å². The van der Waals surface area contributed by atoms with Crippen LogP contribution in [0.15, 0.2) is 315 Å². The zero-order chi connectivity index (χ0) is 71.9. The lowest BCUT2D eigenvalue weighted by Crippen LogP contribution is -2.29. The Morgan fingerprint density at radius 3 is 0.981 bits per heavy atom. The number of anilines is 6. The van der Waals surface area contributed by atoms with E-state index in [4.69, 9.17) is 0 Å². The molecule has 0 atom stereocenters. The maximum Gasteiger partial charge on any atom is 0.0715 e. The third-order valence-electron chi connectivity index (χ3n) is 24.2. The molecule has 1 aliphatic rings. The molecule has 514 valence electrons. The summed E-state index contributed by atoms with van der Waals surface area (Å²) in [6, 6.07) is 120. The van der Waals surface area contributed by atoms with Gasteiger partial charge in [-0.15, -0.1) is 0 Å². The van der Waals surface area contributed by atoms with Gasteiger partial charge in [0.2, 0.25) is 0 Å². The normalized spacial score (nSPS) is 12.7. The standard InChI is InChI=1S/C101H90N4/c1-11-99(9,12-2)77-39-57-91-89-55-37-73(61-95(89)104(97(91)63-77)84-51-35-72(36-52-84)71-33-49-83(50-34-71)102(79-41-25-67(5)26-42-79)80-43-27-68(6)28-44-80)74-38-56-90-92-58-40-78(100(10,13-3)14-4)64-98(92)105(96(90)62-74)86-54-60-88-87-59-53-85(103(81-45-29-69(7)30-46-81)82-47-31-70(8)32-48-82)65-93(87)101(94(88)66-86,75-21-17-15-18-22-75)76-23-19-16-20-24-76/h15-66H,11-14H2,1-10H3. The predicted octanol–water partition coefficient (Wildman–Crippen LogP) is 27.9. The fourth-order valence-electron chi connectivity index (χ4n) is 17.0. The molecular weight excluding hydrogens is 1270 g/mol. The molecule has 0 saturated carbocycles. The Balaban J connectivity index is 0.829. The SMILES string of the molecule is CCC(C)(CC)c1ccc2c3ccc(-c4ccc5c6ccc(C(C)(CC)CC)cc6n(-c6ccc7c(c6)C(c6ccccc6)(c6ccccc6)c6cc(N(c8ccc(C)cc8)c8ccc(C)cc8)ccc6-7)c5c4)cc3n(-c3ccc(-c4ccc(N(c5ccc(C)cc5)c5ccc(C)cc5)cc4)cc3)c2c1. The molecular formula is C101H90N4. The van der Waals surface area contributed by atoms with Crippen LogP contribution in [0.3, 0.4) is 0 Å². The Morgan fingerprint density at radius 1 is 0.276 bits per heavy atom. The van der Waals surface area contributed by atoms with Crippen molar-refractivity contribution in [1.29, 1.82) is 0 Å². The van der Waals surface area contributed by atoms with Gasteiger partial charge in [-0.1, -0.05) is 258 Å². The average molecular weight is 1360 g/mol. The lowest BCUT2D eigenvalue weighted by Gasteiger charge is -2.35. The summed E-state index contributed by atoms with van der Waals surface area (Å²) in [5.74, 6) is 0. The summed E-state index contributed by atoms with van der Waals surface area (Å²) >= 11 is 0. The highest BCUT2D eigenvalue weighted by Crippen LogP contribution is 2.58. The molecule has 0 saturated heterocycles. The van der Waals surface area contributed by atoms with Crippen molar-refractivity contribution in [2.75, 3.05) is 9.80 Å². The van der Waals surface area contributed by atoms with Gasteiger partial charge in [0.25, 0.3) is 0 Å². The summed E-state index contributed by atoms with van der Waals surface area (Å²) in [4.78, 5) is 4.77. The van der Waals surface area contributed by atoms with Crippen LogP contribution in [0.1, 0.15) is 123 Å². The summed E-state index contributed by atoms with van der Waals surface area (Å²) < 4.78 is 5.14. The van der Waals surface area contributed by atoms with E-state index in [-0.39, 0.29) is 10.8 Å². The smallest absolute Gasteiger partial charge is 0.0715 e. The molecule has 0 radical (unpaired) electrons. The van der Waals surface area contributed by atoms with Crippen LogP contribution in [-0.4, -0.2) is 9.13 Å². The number of aryl methyl sites for hydroxylation is 4. The Labute approximate surface area is 619 Å².